The first kappa shape index (κ1) is 21.3. The molecule has 0 saturated heterocycles. The van der Waals surface area contributed by atoms with Gasteiger partial charge in [0.05, 0.1) is 0 Å². The van der Waals surface area contributed by atoms with Crippen molar-refractivity contribution in [3.8, 4) is 5.75 Å². The van der Waals surface area contributed by atoms with Crippen molar-refractivity contribution in [1.29, 1.82) is 0 Å². The van der Waals surface area contributed by atoms with Crippen molar-refractivity contribution in [1.82, 2.24) is 0 Å². The number of anilines is 1. The van der Waals surface area contributed by atoms with Gasteiger partial charge in [-0.2, -0.15) is 0 Å². The molecule has 0 N–H and O–H groups in total. The first-order valence-electron chi connectivity index (χ1n) is 11.0. The summed E-state index contributed by atoms with van der Waals surface area (Å²) in [6.07, 6.45) is 2.21. The third-order valence-corrected chi connectivity index (χ3v) is 6.43. The van der Waals surface area contributed by atoms with E-state index >= 15 is 0 Å². The molecule has 1 unspecified atom stereocenters. The van der Waals surface area contributed by atoms with Crippen LogP contribution in [0.4, 0.5) is 5.69 Å². The Hall–Kier alpha value is -3.56. The van der Waals surface area contributed by atoms with Gasteiger partial charge in [-0.15, -0.1) is 6.58 Å². The van der Waals surface area contributed by atoms with E-state index in [2.05, 4.69) is 49.0 Å². The van der Waals surface area contributed by atoms with Crippen molar-refractivity contribution in [2.24, 2.45) is 0 Å². The third kappa shape index (κ3) is 4.24. The number of rotatable bonds is 6. The summed E-state index contributed by atoms with van der Waals surface area (Å²) < 4.78 is 5.95. The normalized spacial score (nSPS) is 15.4. The van der Waals surface area contributed by atoms with E-state index in [0.717, 1.165) is 22.6 Å². The maximum absolute atomic E-state index is 13.1. The predicted octanol–water partition coefficient (Wildman–Crippen LogP) is 7.13. The minimum Gasteiger partial charge on any atom is -0.489 e. The summed E-state index contributed by atoms with van der Waals surface area (Å²) in [5.74, 6) is 0.901. The molecule has 3 nitrogen and oxygen atoms in total. The lowest BCUT2D eigenvalue weighted by atomic mass is 9.81. The summed E-state index contributed by atoms with van der Waals surface area (Å²) in [7, 11) is 0. The quantitative estimate of drug-likeness (QED) is 0.291. The molecule has 1 amide bonds. The van der Waals surface area contributed by atoms with Crippen LogP contribution in [0.1, 0.15) is 29.0 Å². The van der Waals surface area contributed by atoms with Gasteiger partial charge in [0.1, 0.15) is 12.4 Å². The van der Waals surface area contributed by atoms with Gasteiger partial charge in [-0.1, -0.05) is 72.3 Å². The summed E-state index contributed by atoms with van der Waals surface area (Å²) in [6.45, 7) is 4.82. The highest BCUT2D eigenvalue weighted by Gasteiger charge is 2.33. The van der Waals surface area contributed by atoms with Crippen molar-refractivity contribution < 1.29 is 9.53 Å². The molecule has 4 aromatic carbocycles. The minimum atomic E-state index is -0.00928. The fourth-order valence-corrected chi connectivity index (χ4v) is 4.69. The number of amides is 1. The maximum Gasteiger partial charge on any atom is 0.228 e. The van der Waals surface area contributed by atoms with E-state index in [9.17, 15) is 4.79 Å². The molecule has 1 atom stereocenters. The molecule has 4 aromatic rings. The fraction of sp³-hybridized carbons (Fsp3) is 0.138. The SMILES string of the molecule is C=CCN1C(=O)CC(c2ccc(OCc3ccc(Cl)cc3)cc2)c2c1ccc1ccccc21. The van der Waals surface area contributed by atoms with E-state index in [4.69, 9.17) is 16.3 Å². The van der Waals surface area contributed by atoms with Gasteiger partial charge in [-0.25, -0.2) is 0 Å². The highest BCUT2D eigenvalue weighted by molar-refractivity contribution is 6.30. The van der Waals surface area contributed by atoms with Crippen molar-refractivity contribution in [2.75, 3.05) is 11.4 Å². The Labute approximate surface area is 198 Å². The molecule has 0 radical (unpaired) electrons. The summed E-state index contributed by atoms with van der Waals surface area (Å²) >= 11 is 5.96. The Bertz CT molecular complexity index is 1310. The van der Waals surface area contributed by atoms with Gasteiger partial charge >= 0.3 is 0 Å². The molecule has 164 valence electrons. The Morgan fingerprint density at radius 1 is 0.970 bits per heavy atom. The Morgan fingerprint density at radius 3 is 2.48 bits per heavy atom. The average Bonchev–Trinajstić information content (AvgIpc) is 2.85. The number of halogens is 1. The van der Waals surface area contributed by atoms with Crippen LogP contribution >= 0.6 is 11.6 Å². The molecular formula is C29H24ClNO2. The smallest absolute Gasteiger partial charge is 0.228 e. The topological polar surface area (TPSA) is 29.5 Å². The third-order valence-electron chi connectivity index (χ3n) is 6.18. The Kier molecular flexibility index (Phi) is 5.89. The van der Waals surface area contributed by atoms with Crippen LogP contribution in [0, 0.1) is 0 Å². The molecule has 1 heterocycles. The lowest BCUT2D eigenvalue weighted by molar-refractivity contribution is -0.119. The zero-order chi connectivity index (χ0) is 22.8. The second kappa shape index (κ2) is 9.13. The standard InChI is InChI=1S/C29H24ClNO2/c1-2-17-31-27-16-11-21-5-3-4-6-25(21)29(27)26(18-28(31)32)22-9-14-24(15-10-22)33-19-20-7-12-23(30)13-8-20/h2-16,26H,1,17-19H2. The fourth-order valence-electron chi connectivity index (χ4n) is 4.56. The minimum absolute atomic E-state index is 0.00928. The van der Waals surface area contributed by atoms with E-state index in [1.807, 2.05) is 47.4 Å². The highest BCUT2D eigenvalue weighted by Crippen LogP contribution is 2.44. The number of hydrogen-bond donors (Lipinski definition) is 0. The summed E-state index contributed by atoms with van der Waals surface area (Å²) in [5.41, 5.74) is 4.34. The number of nitrogens with zero attached hydrogens (tertiary/aromatic N) is 1. The molecular weight excluding hydrogens is 430 g/mol. The second-order valence-corrected chi connectivity index (χ2v) is 8.69. The average molecular weight is 454 g/mol. The van der Waals surface area contributed by atoms with Crippen LogP contribution in [-0.4, -0.2) is 12.5 Å². The number of ether oxygens (including phenoxy) is 1. The molecule has 0 fully saturated rings. The summed E-state index contributed by atoms with van der Waals surface area (Å²) in [6, 6.07) is 28.3. The largest absolute Gasteiger partial charge is 0.489 e. The number of benzene rings is 4. The van der Waals surface area contributed by atoms with Crippen LogP contribution in [0.2, 0.25) is 5.02 Å². The second-order valence-electron chi connectivity index (χ2n) is 8.25. The Balaban J connectivity index is 1.47. The van der Waals surface area contributed by atoms with Crippen molar-refractivity contribution in [2.45, 2.75) is 18.9 Å². The van der Waals surface area contributed by atoms with Crippen LogP contribution in [0.25, 0.3) is 10.8 Å². The molecule has 0 bridgehead atoms. The zero-order valence-electron chi connectivity index (χ0n) is 18.2. The molecule has 5 rings (SSSR count). The van der Waals surface area contributed by atoms with Crippen molar-refractivity contribution >= 4 is 34.0 Å². The molecule has 33 heavy (non-hydrogen) atoms. The van der Waals surface area contributed by atoms with Gasteiger partial charge in [0.25, 0.3) is 0 Å². The van der Waals surface area contributed by atoms with Crippen LogP contribution in [-0.2, 0) is 11.4 Å². The number of fused-ring (bicyclic) bond motifs is 3. The van der Waals surface area contributed by atoms with E-state index in [0.29, 0.717) is 24.6 Å². The van der Waals surface area contributed by atoms with E-state index < -0.39 is 0 Å². The first-order chi connectivity index (χ1) is 16.1. The van der Waals surface area contributed by atoms with E-state index in [-0.39, 0.29) is 11.8 Å². The molecule has 4 heteroatoms. The van der Waals surface area contributed by atoms with E-state index in [1.54, 1.807) is 6.08 Å². The summed E-state index contributed by atoms with van der Waals surface area (Å²) in [5, 5.41) is 3.08. The Morgan fingerprint density at radius 2 is 1.73 bits per heavy atom. The number of carbonyl (C=O) groups excluding carboxylic acids is 1. The van der Waals surface area contributed by atoms with Gasteiger partial charge < -0.3 is 9.64 Å². The van der Waals surface area contributed by atoms with Gasteiger partial charge in [0.15, 0.2) is 0 Å². The monoisotopic (exact) mass is 453 g/mol. The van der Waals surface area contributed by atoms with Crippen LogP contribution in [0.3, 0.4) is 0 Å². The molecule has 0 aromatic heterocycles. The molecule has 0 aliphatic carbocycles. The van der Waals surface area contributed by atoms with E-state index in [1.165, 1.54) is 16.3 Å². The van der Waals surface area contributed by atoms with Crippen molar-refractivity contribution in [3.63, 3.8) is 0 Å². The van der Waals surface area contributed by atoms with Gasteiger partial charge in [0.2, 0.25) is 5.91 Å². The highest BCUT2D eigenvalue weighted by atomic mass is 35.5. The number of hydrogen-bond acceptors (Lipinski definition) is 2. The van der Waals surface area contributed by atoms with Crippen LogP contribution in [0.15, 0.2) is 97.6 Å². The lowest BCUT2D eigenvalue weighted by Gasteiger charge is -2.35. The summed E-state index contributed by atoms with van der Waals surface area (Å²) in [4.78, 5) is 14.9. The number of carbonyl (C=O) groups is 1. The molecule has 0 spiro atoms. The lowest BCUT2D eigenvalue weighted by Crippen LogP contribution is -2.37. The first-order valence-corrected chi connectivity index (χ1v) is 11.4. The molecule has 1 aliphatic rings. The van der Waals surface area contributed by atoms with Crippen molar-refractivity contribution in [3.05, 3.63) is 119 Å². The predicted molar refractivity (Wildman–Crippen MR) is 135 cm³/mol. The zero-order valence-corrected chi connectivity index (χ0v) is 19.0. The maximum atomic E-state index is 13.1. The van der Waals surface area contributed by atoms with Gasteiger partial charge in [0, 0.05) is 29.6 Å². The molecule has 1 aliphatic heterocycles. The molecule has 0 saturated carbocycles. The van der Waals surface area contributed by atoms with Gasteiger partial charge in [-0.3, -0.25) is 4.79 Å². The van der Waals surface area contributed by atoms with Crippen LogP contribution in [0.5, 0.6) is 5.75 Å². The van der Waals surface area contributed by atoms with Crippen LogP contribution < -0.4 is 9.64 Å². The van der Waals surface area contributed by atoms with Gasteiger partial charge in [-0.05, 0) is 57.8 Å².